The molecule has 0 aliphatic rings. The minimum absolute atomic E-state index is 0.280. The van der Waals surface area contributed by atoms with E-state index >= 15 is 0 Å². The summed E-state index contributed by atoms with van der Waals surface area (Å²) in [5.41, 5.74) is 5.10. The summed E-state index contributed by atoms with van der Waals surface area (Å²) < 4.78 is 17.9. The van der Waals surface area contributed by atoms with E-state index in [1.807, 2.05) is 24.3 Å². The number of nitrogens with one attached hydrogen (secondary N) is 1. The maximum Gasteiger partial charge on any atom is 0.271 e. The second-order valence-corrected chi connectivity index (χ2v) is 8.53. The van der Waals surface area contributed by atoms with Crippen LogP contribution in [-0.2, 0) is 0 Å². The van der Waals surface area contributed by atoms with Gasteiger partial charge in [-0.15, -0.1) is 0 Å². The summed E-state index contributed by atoms with van der Waals surface area (Å²) in [5.74, 6) is 2.19. The Morgan fingerprint density at radius 3 is 2.44 bits per heavy atom. The Labute approximate surface area is 209 Å². The van der Waals surface area contributed by atoms with Crippen LogP contribution < -0.4 is 19.6 Å². The number of carbonyl (C=O) groups excluding carboxylic acids is 1. The van der Waals surface area contributed by atoms with Crippen LogP contribution in [0.1, 0.15) is 47.7 Å². The summed E-state index contributed by atoms with van der Waals surface area (Å²) in [4.78, 5) is 12.1. The first-order valence-electron chi connectivity index (χ1n) is 11.1. The number of methoxy groups -OCH3 is 1. The lowest BCUT2D eigenvalue weighted by Crippen LogP contribution is -2.17. The Bertz CT molecular complexity index is 1100. The van der Waals surface area contributed by atoms with Gasteiger partial charge < -0.3 is 14.2 Å². The Hall–Kier alpha value is -3.32. The molecule has 0 spiro atoms. The van der Waals surface area contributed by atoms with E-state index in [2.05, 4.69) is 52.4 Å². The van der Waals surface area contributed by atoms with E-state index in [-0.39, 0.29) is 5.91 Å². The molecule has 3 aromatic carbocycles. The van der Waals surface area contributed by atoms with Gasteiger partial charge in [-0.2, -0.15) is 5.10 Å². The summed E-state index contributed by atoms with van der Waals surface area (Å²) >= 11 is 3.53. The zero-order chi connectivity index (χ0) is 24.3. The van der Waals surface area contributed by atoms with Gasteiger partial charge in [0, 0.05) is 5.56 Å². The van der Waals surface area contributed by atoms with E-state index in [1.165, 1.54) is 5.56 Å². The van der Waals surface area contributed by atoms with Crippen molar-refractivity contribution in [2.45, 2.75) is 26.2 Å². The van der Waals surface area contributed by atoms with E-state index in [0.717, 1.165) is 17.7 Å². The van der Waals surface area contributed by atoms with Gasteiger partial charge in [0.25, 0.3) is 5.91 Å². The molecule has 0 heterocycles. The minimum Gasteiger partial charge on any atom is -0.493 e. The van der Waals surface area contributed by atoms with Crippen LogP contribution in [0.4, 0.5) is 0 Å². The molecule has 0 saturated heterocycles. The summed E-state index contributed by atoms with van der Waals surface area (Å²) in [6.07, 6.45) is 2.65. The molecule has 0 bridgehead atoms. The number of hydrogen-bond donors (Lipinski definition) is 1. The van der Waals surface area contributed by atoms with Gasteiger partial charge in [-0.1, -0.05) is 44.2 Å². The van der Waals surface area contributed by atoms with E-state index in [0.29, 0.717) is 40.7 Å². The molecule has 0 aliphatic carbocycles. The fourth-order valence-corrected chi connectivity index (χ4v) is 3.78. The largest absolute Gasteiger partial charge is 0.493 e. The average Bonchev–Trinajstić information content (AvgIpc) is 2.87. The monoisotopic (exact) mass is 524 g/mol. The number of amides is 1. The van der Waals surface area contributed by atoms with Crippen LogP contribution >= 0.6 is 15.9 Å². The van der Waals surface area contributed by atoms with Crippen molar-refractivity contribution >= 4 is 28.1 Å². The molecule has 0 aromatic heterocycles. The van der Waals surface area contributed by atoms with E-state index in [1.54, 1.807) is 43.7 Å². The second kappa shape index (κ2) is 12.8. The average molecular weight is 525 g/mol. The quantitative estimate of drug-likeness (QED) is 0.184. The van der Waals surface area contributed by atoms with Crippen LogP contribution in [-0.4, -0.2) is 32.4 Å². The van der Waals surface area contributed by atoms with Crippen LogP contribution in [0, 0.1) is 0 Å². The summed E-state index contributed by atoms with van der Waals surface area (Å²) in [6, 6.07) is 20.7. The lowest BCUT2D eigenvalue weighted by molar-refractivity contribution is 0.0955. The third kappa shape index (κ3) is 7.09. The number of hydrogen-bond acceptors (Lipinski definition) is 5. The molecule has 3 rings (SSSR count). The number of hydrazone groups is 1. The third-order valence-corrected chi connectivity index (χ3v) is 5.92. The maximum atomic E-state index is 12.1. The van der Waals surface area contributed by atoms with E-state index < -0.39 is 0 Å². The topological polar surface area (TPSA) is 69.2 Å². The molecule has 0 radical (unpaired) electrons. The van der Waals surface area contributed by atoms with Crippen molar-refractivity contribution in [3.63, 3.8) is 0 Å². The van der Waals surface area contributed by atoms with Gasteiger partial charge in [0.15, 0.2) is 11.5 Å². The van der Waals surface area contributed by atoms with Crippen molar-refractivity contribution in [2.24, 2.45) is 5.10 Å². The smallest absolute Gasteiger partial charge is 0.271 e. The Kier molecular flexibility index (Phi) is 9.52. The molecule has 3 aromatic rings. The van der Waals surface area contributed by atoms with Gasteiger partial charge in [0.2, 0.25) is 0 Å². The zero-order valence-corrected chi connectivity index (χ0v) is 21.2. The number of nitrogens with zero attached hydrogens (tertiary/aromatic N) is 1. The van der Waals surface area contributed by atoms with Crippen LogP contribution in [0.25, 0.3) is 0 Å². The number of rotatable bonds is 11. The molecule has 34 heavy (non-hydrogen) atoms. The first-order valence-corrected chi connectivity index (χ1v) is 11.9. The fraction of sp³-hybridized carbons (Fsp3) is 0.259. The van der Waals surface area contributed by atoms with E-state index in [4.69, 9.17) is 14.2 Å². The molecule has 7 heteroatoms. The Morgan fingerprint density at radius 2 is 1.76 bits per heavy atom. The van der Waals surface area contributed by atoms with Gasteiger partial charge in [0.1, 0.15) is 19.0 Å². The Balaban J connectivity index is 1.54. The summed E-state index contributed by atoms with van der Waals surface area (Å²) in [7, 11) is 1.57. The molecule has 1 N–H and O–H groups in total. The molecule has 0 unspecified atom stereocenters. The number of benzene rings is 3. The third-order valence-electron chi connectivity index (χ3n) is 5.33. The molecule has 0 saturated carbocycles. The molecular formula is C27H29BrN2O4. The lowest BCUT2D eigenvalue weighted by Gasteiger charge is -2.14. The molecule has 0 fully saturated rings. The molecule has 1 amide bonds. The van der Waals surface area contributed by atoms with Gasteiger partial charge in [-0.25, -0.2) is 5.43 Å². The van der Waals surface area contributed by atoms with Gasteiger partial charge in [-0.3, -0.25) is 4.79 Å². The van der Waals surface area contributed by atoms with Crippen molar-refractivity contribution < 1.29 is 19.0 Å². The number of halogens is 1. The Morgan fingerprint density at radius 1 is 1.06 bits per heavy atom. The normalized spacial score (nSPS) is 11.8. The highest BCUT2D eigenvalue weighted by atomic mass is 79.9. The highest BCUT2D eigenvalue weighted by molar-refractivity contribution is 9.10. The first kappa shape index (κ1) is 25.3. The molecular weight excluding hydrogens is 496 g/mol. The number of ether oxygens (including phenoxy) is 3. The maximum absolute atomic E-state index is 12.1. The highest BCUT2D eigenvalue weighted by Gasteiger charge is 2.12. The SMILES string of the molecule is CC[C@@H](C)c1ccc(OCCOc2c(Br)cc(/C=N\NC(=O)c3ccccc3)cc2OC)cc1. The van der Waals surface area contributed by atoms with Crippen molar-refractivity contribution in [2.75, 3.05) is 20.3 Å². The highest BCUT2D eigenvalue weighted by Crippen LogP contribution is 2.36. The van der Waals surface area contributed by atoms with Gasteiger partial charge >= 0.3 is 0 Å². The lowest BCUT2D eigenvalue weighted by atomic mass is 9.99. The number of carbonyl (C=O) groups is 1. The van der Waals surface area contributed by atoms with Crippen molar-refractivity contribution in [1.29, 1.82) is 0 Å². The van der Waals surface area contributed by atoms with Crippen LogP contribution in [0.15, 0.2) is 76.3 Å². The van der Waals surface area contributed by atoms with Crippen molar-refractivity contribution in [1.82, 2.24) is 5.43 Å². The van der Waals surface area contributed by atoms with Crippen LogP contribution in [0.3, 0.4) is 0 Å². The standard InChI is InChI=1S/C27H29BrN2O4/c1-4-19(2)21-10-12-23(13-11-21)33-14-15-34-26-24(28)16-20(17-25(26)32-3)18-29-30-27(31)22-8-6-5-7-9-22/h5-13,16-19H,4,14-15H2,1-3H3,(H,30,31)/b29-18-/t19-/m1/s1. The fourth-order valence-electron chi connectivity index (χ4n) is 3.21. The summed E-state index contributed by atoms with van der Waals surface area (Å²) in [6.45, 7) is 5.14. The summed E-state index contributed by atoms with van der Waals surface area (Å²) in [5, 5.41) is 4.03. The van der Waals surface area contributed by atoms with Gasteiger partial charge in [-0.05, 0) is 75.8 Å². The minimum atomic E-state index is -0.280. The van der Waals surface area contributed by atoms with Crippen LogP contribution in [0.2, 0.25) is 0 Å². The predicted octanol–water partition coefficient (Wildman–Crippen LogP) is 6.19. The molecule has 178 valence electrons. The molecule has 1 atom stereocenters. The first-order chi connectivity index (χ1) is 16.5. The molecule has 6 nitrogen and oxygen atoms in total. The van der Waals surface area contributed by atoms with Crippen LogP contribution in [0.5, 0.6) is 17.2 Å². The van der Waals surface area contributed by atoms with Crippen molar-refractivity contribution in [3.8, 4) is 17.2 Å². The zero-order valence-electron chi connectivity index (χ0n) is 19.6. The second-order valence-electron chi connectivity index (χ2n) is 7.67. The predicted molar refractivity (Wildman–Crippen MR) is 138 cm³/mol. The van der Waals surface area contributed by atoms with E-state index in [9.17, 15) is 4.79 Å². The van der Waals surface area contributed by atoms with Crippen molar-refractivity contribution in [3.05, 3.63) is 87.9 Å². The van der Waals surface area contributed by atoms with Gasteiger partial charge in [0.05, 0.1) is 17.8 Å². The molecule has 0 aliphatic heterocycles.